The van der Waals surface area contributed by atoms with Crippen LogP contribution in [-0.4, -0.2) is 29.2 Å². The van der Waals surface area contributed by atoms with Gasteiger partial charge in [-0.1, -0.05) is 0 Å². The van der Waals surface area contributed by atoms with Crippen LogP contribution in [0.1, 0.15) is 40.0 Å². The van der Waals surface area contributed by atoms with Crippen molar-refractivity contribution >= 4 is 6.09 Å². The third kappa shape index (κ3) is 3.43. The van der Waals surface area contributed by atoms with E-state index in [9.17, 15) is 4.79 Å². The molecule has 1 aliphatic rings. The molecule has 0 spiro atoms. The van der Waals surface area contributed by atoms with Gasteiger partial charge in [-0.2, -0.15) is 5.26 Å². The third-order valence-corrected chi connectivity index (χ3v) is 2.33. The normalized spacial score (nSPS) is 21.2. The molecule has 84 valence electrons. The molecular weight excluding hydrogens is 192 g/mol. The summed E-state index contributed by atoms with van der Waals surface area (Å²) in [6.45, 7) is 6.25. The molecule has 0 radical (unpaired) electrons. The highest BCUT2D eigenvalue weighted by Crippen LogP contribution is 2.22. The number of rotatable bonds is 1. The van der Waals surface area contributed by atoms with E-state index in [1.807, 2.05) is 20.8 Å². The lowest BCUT2D eigenvalue weighted by atomic mass is 10.2. The first kappa shape index (κ1) is 11.8. The number of hydrogen-bond donors (Lipinski definition) is 0. The van der Waals surface area contributed by atoms with E-state index in [0.29, 0.717) is 13.0 Å². The van der Waals surface area contributed by atoms with Gasteiger partial charge in [0.2, 0.25) is 0 Å². The molecule has 1 amide bonds. The van der Waals surface area contributed by atoms with Gasteiger partial charge in [-0.05, 0) is 33.6 Å². The smallest absolute Gasteiger partial charge is 0.410 e. The summed E-state index contributed by atoms with van der Waals surface area (Å²) in [4.78, 5) is 13.4. The summed E-state index contributed by atoms with van der Waals surface area (Å²) >= 11 is 0. The van der Waals surface area contributed by atoms with E-state index in [4.69, 9.17) is 10.00 Å². The minimum absolute atomic E-state index is 0.0462. The average molecular weight is 210 g/mol. The zero-order valence-electron chi connectivity index (χ0n) is 9.62. The first-order valence-corrected chi connectivity index (χ1v) is 5.30. The highest BCUT2D eigenvalue weighted by atomic mass is 16.6. The number of carbonyl (C=O) groups excluding carboxylic acids is 1. The molecule has 1 fully saturated rings. The minimum atomic E-state index is -0.461. The van der Waals surface area contributed by atoms with Crippen molar-refractivity contribution in [1.29, 1.82) is 5.26 Å². The molecule has 1 aliphatic heterocycles. The summed E-state index contributed by atoms with van der Waals surface area (Å²) in [5.41, 5.74) is -0.461. The standard InChI is InChI=1S/C11H18N2O2/c1-11(2,3)15-10(14)13-8-4-5-9(13)6-7-12/h9H,4-6,8H2,1-3H3/t9-/m0/s1. The van der Waals surface area contributed by atoms with E-state index >= 15 is 0 Å². The molecule has 15 heavy (non-hydrogen) atoms. The maximum Gasteiger partial charge on any atom is 0.410 e. The fourth-order valence-electron chi connectivity index (χ4n) is 1.71. The summed E-state index contributed by atoms with van der Waals surface area (Å²) in [6, 6.07) is 2.15. The highest BCUT2D eigenvalue weighted by Gasteiger charge is 2.31. The van der Waals surface area contributed by atoms with Crippen LogP contribution in [0.3, 0.4) is 0 Å². The summed E-state index contributed by atoms with van der Waals surface area (Å²) in [6.07, 6.45) is 1.98. The van der Waals surface area contributed by atoms with Crippen LogP contribution in [0.15, 0.2) is 0 Å². The third-order valence-electron chi connectivity index (χ3n) is 2.33. The van der Waals surface area contributed by atoms with Gasteiger partial charge < -0.3 is 9.64 Å². The van der Waals surface area contributed by atoms with E-state index in [0.717, 1.165) is 12.8 Å². The highest BCUT2D eigenvalue weighted by molar-refractivity contribution is 5.69. The van der Waals surface area contributed by atoms with E-state index in [1.165, 1.54) is 0 Å². The zero-order valence-corrected chi connectivity index (χ0v) is 9.62. The Kier molecular flexibility index (Phi) is 3.57. The molecule has 0 saturated carbocycles. The van der Waals surface area contributed by atoms with Crippen molar-refractivity contribution in [1.82, 2.24) is 4.90 Å². The van der Waals surface area contributed by atoms with E-state index < -0.39 is 5.60 Å². The molecule has 0 aromatic carbocycles. The van der Waals surface area contributed by atoms with E-state index in [2.05, 4.69) is 6.07 Å². The van der Waals surface area contributed by atoms with Gasteiger partial charge in [0.25, 0.3) is 0 Å². The second kappa shape index (κ2) is 4.52. The number of carbonyl (C=O) groups is 1. The number of ether oxygens (including phenoxy) is 1. The molecule has 4 nitrogen and oxygen atoms in total. The molecule has 1 atom stereocenters. The van der Waals surface area contributed by atoms with Gasteiger partial charge in [0.05, 0.1) is 12.5 Å². The van der Waals surface area contributed by atoms with Crippen molar-refractivity contribution in [3.63, 3.8) is 0 Å². The molecule has 0 aromatic heterocycles. The summed E-state index contributed by atoms with van der Waals surface area (Å²) in [7, 11) is 0. The maximum atomic E-state index is 11.7. The topological polar surface area (TPSA) is 53.3 Å². The molecule has 0 unspecified atom stereocenters. The average Bonchev–Trinajstić information content (AvgIpc) is 2.49. The van der Waals surface area contributed by atoms with Crippen LogP contribution in [0.4, 0.5) is 4.79 Å². The second-order valence-electron chi connectivity index (χ2n) is 4.83. The number of nitriles is 1. The lowest BCUT2D eigenvalue weighted by Crippen LogP contribution is -2.39. The summed E-state index contributed by atoms with van der Waals surface area (Å²) < 4.78 is 5.28. The Morgan fingerprint density at radius 2 is 2.27 bits per heavy atom. The minimum Gasteiger partial charge on any atom is -0.444 e. The van der Waals surface area contributed by atoms with Crippen molar-refractivity contribution in [3.05, 3.63) is 0 Å². The first-order valence-electron chi connectivity index (χ1n) is 5.30. The van der Waals surface area contributed by atoms with Gasteiger partial charge in [-0.25, -0.2) is 4.79 Å². The predicted molar refractivity (Wildman–Crippen MR) is 56.2 cm³/mol. The molecule has 0 bridgehead atoms. The van der Waals surface area contributed by atoms with Crippen molar-refractivity contribution in [2.45, 2.75) is 51.7 Å². The molecule has 1 rings (SSSR count). The fraction of sp³-hybridized carbons (Fsp3) is 0.818. The van der Waals surface area contributed by atoms with Gasteiger partial charge in [-0.15, -0.1) is 0 Å². The molecule has 0 aromatic rings. The Bertz CT molecular complexity index is 275. The molecule has 1 saturated heterocycles. The second-order valence-corrected chi connectivity index (χ2v) is 4.83. The zero-order chi connectivity index (χ0) is 11.5. The maximum absolute atomic E-state index is 11.7. The summed E-state index contributed by atoms with van der Waals surface area (Å²) in [5, 5.41) is 8.63. The Morgan fingerprint density at radius 3 is 2.80 bits per heavy atom. The number of likely N-dealkylation sites (tertiary alicyclic amines) is 1. The number of hydrogen-bond acceptors (Lipinski definition) is 3. The predicted octanol–water partition coefficient (Wildman–Crippen LogP) is 2.30. The van der Waals surface area contributed by atoms with Crippen LogP contribution in [0.25, 0.3) is 0 Å². The van der Waals surface area contributed by atoms with E-state index in [1.54, 1.807) is 4.90 Å². The van der Waals surface area contributed by atoms with Crippen LogP contribution < -0.4 is 0 Å². The van der Waals surface area contributed by atoms with Gasteiger partial charge in [0, 0.05) is 12.6 Å². The van der Waals surface area contributed by atoms with E-state index in [-0.39, 0.29) is 12.1 Å². The van der Waals surface area contributed by atoms with Crippen LogP contribution in [0, 0.1) is 11.3 Å². The Hall–Kier alpha value is -1.24. The Morgan fingerprint density at radius 1 is 1.60 bits per heavy atom. The number of nitrogens with zero attached hydrogens (tertiary/aromatic N) is 2. The van der Waals surface area contributed by atoms with Crippen LogP contribution in [0.2, 0.25) is 0 Å². The largest absolute Gasteiger partial charge is 0.444 e. The van der Waals surface area contributed by atoms with Crippen molar-refractivity contribution in [2.75, 3.05) is 6.54 Å². The molecule has 0 aliphatic carbocycles. The number of amides is 1. The van der Waals surface area contributed by atoms with Crippen molar-refractivity contribution in [2.24, 2.45) is 0 Å². The monoisotopic (exact) mass is 210 g/mol. The SMILES string of the molecule is CC(C)(C)OC(=O)N1CCC[C@H]1CC#N. The van der Waals surface area contributed by atoms with Crippen molar-refractivity contribution in [3.8, 4) is 6.07 Å². The van der Waals surface area contributed by atoms with Gasteiger partial charge in [0.15, 0.2) is 0 Å². The lowest BCUT2D eigenvalue weighted by molar-refractivity contribution is 0.0229. The molecular formula is C11H18N2O2. The van der Waals surface area contributed by atoms with Gasteiger partial charge in [0.1, 0.15) is 5.60 Å². The Balaban J connectivity index is 2.56. The van der Waals surface area contributed by atoms with Gasteiger partial charge in [-0.3, -0.25) is 0 Å². The quantitative estimate of drug-likeness (QED) is 0.667. The summed E-state index contributed by atoms with van der Waals surface area (Å²) in [5.74, 6) is 0. The lowest BCUT2D eigenvalue weighted by Gasteiger charge is -2.27. The first-order chi connectivity index (χ1) is 6.94. The fourth-order valence-corrected chi connectivity index (χ4v) is 1.71. The molecule has 0 N–H and O–H groups in total. The van der Waals surface area contributed by atoms with Crippen LogP contribution in [-0.2, 0) is 4.74 Å². The van der Waals surface area contributed by atoms with Crippen molar-refractivity contribution < 1.29 is 9.53 Å². The van der Waals surface area contributed by atoms with Crippen LogP contribution in [0.5, 0.6) is 0 Å². The van der Waals surface area contributed by atoms with Crippen LogP contribution >= 0.6 is 0 Å². The Labute approximate surface area is 90.8 Å². The molecule has 1 heterocycles. The molecule has 4 heteroatoms. The van der Waals surface area contributed by atoms with Gasteiger partial charge >= 0.3 is 6.09 Å².